The van der Waals surface area contributed by atoms with E-state index < -0.39 is 0 Å². The molecule has 1 aliphatic heterocycles. The summed E-state index contributed by atoms with van der Waals surface area (Å²) in [5, 5.41) is 6.08. The molecular weight excluding hydrogens is 518 g/mol. The average molecular weight is 558 g/mol. The normalized spacial score (nSPS) is 16.1. The van der Waals surface area contributed by atoms with Crippen molar-refractivity contribution in [3.05, 3.63) is 83.8 Å². The third-order valence-electron chi connectivity index (χ3n) is 7.90. The van der Waals surface area contributed by atoms with E-state index in [1.54, 1.807) is 30.1 Å². The maximum Gasteiger partial charge on any atom is 0.317 e. The number of anilines is 2. The number of carbonyl (C=O) groups excluding carboxylic acids is 3. The van der Waals surface area contributed by atoms with E-state index >= 15 is 0 Å². The van der Waals surface area contributed by atoms with Crippen LogP contribution in [0.2, 0.25) is 0 Å². The Hall–Kier alpha value is -4.27. The molecule has 4 amide bonds. The minimum atomic E-state index is -0.381. The van der Waals surface area contributed by atoms with E-state index in [0.717, 1.165) is 30.5 Å². The Balaban J connectivity index is 1.34. The van der Waals surface area contributed by atoms with Gasteiger partial charge >= 0.3 is 6.03 Å². The van der Waals surface area contributed by atoms with Gasteiger partial charge in [-0.15, -0.1) is 0 Å². The largest absolute Gasteiger partial charge is 0.459 e. The summed E-state index contributed by atoms with van der Waals surface area (Å²) in [4.78, 5) is 45.3. The number of rotatable bonds is 7. The van der Waals surface area contributed by atoms with E-state index in [0.29, 0.717) is 44.0 Å². The molecular formula is C32H39N5O4. The summed E-state index contributed by atoms with van der Waals surface area (Å²) in [6, 6.07) is 18.8. The van der Waals surface area contributed by atoms with Crippen LogP contribution in [-0.2, 0) is 6.54 Å². The van der Waals surface area contributed by atoms with Crippen LogP contribution in [0.1, 0.15) is 65.0 Å². The van der Waals surface area contributed by atoms with Crippen LogP contribution < -0.4 is 15.5 Å². The summed E-state index contributed by atoms with van der Waals surface area (Å²) < 4.78 is 5.23. The first-order valence-corrected chi connectivity index (χ1v) is 14.6. The molecule has 0 atom stereocenters. The van der Waals surface area contributed by atoms with Crippen molar-refractivity contribution in [2.75, 3.05) is 43.4 Å². The number of amides is 4. The molecule has 2 aliphatic rings. The van der Waals surface area contributed by atoms with Gasteiger partial charge in [-0.3, -0.25) is 9.59 Å². The van der Waals surface area contributed by atoms with Gasteiger partial charge in [-0.2, -0.15) is 0 Å². The molecule has 1 saturated carbocycles. The first-order valence-electron chi connectivity index (χ1n) is 14.6. The van der Waals surface area contributed by atoms with Gasteiger partial charge in [0.2, 0.25) is 0 Å². The van der Waals surface area contributed by atoms with Crippen LogP contribution in [0, 0.1) is 0 Å². The van der Waals surface area contributed by atoms with E-state index in [1.807, 2.05) is 47.4 Å². The van der Waals surface area contributed by atoms with Gasteiger partial charge in [-0.25, -0.2) is 4.79 Å². The molecule has 216 valence electrons. The predicted octanol–water partition coefficient (Wildman–Crippen LogP) is 5.36. The number of nitrogens with one attached hydrogen (secondary N) is 2. The second kappa shape index (κ2) is 13.4. The quantitative estimate of drug-likeness (QED) is 0.408. The van der Waals surface area contributed by atoms with Crippen molar-refractivity contribution < 1.29 is 18.8 Å². The fourth-order valence-electron chi connectivity index (χ4n) is 5.67. The standard InChI is InChI=1S/C32H39N5O4/c1-35(23-24-10-4-2-5-11-24)31(39)27-22-26(33-30(38)29-14-8-21-41-29)15-16-28(27)36-17-9-18-37(20-19-36)32(40)34-25-12-6-3-7-13-25/h2,4-5,8,10-11,14-16,21-22,25H,3,6-7,9,12-13,17-20,23H2,1H3,(H,33,38)(H,34,40). The molecule has 0 unspecified atom stereocenters. The minimum absolute atomic E-state index is 0.00799. The molecule has 2 heterocycles. The Morgan fingerprint density at radius 2 is 1.71 bits per heavy atom. The Bertz CT molecular complexity index is 1320. The van der Waals surface area contributed by atoms with Crippen LogP contribution in [0.4, 0.5) is 16.2 Å². The molecule has 41 heavy (non-hydrogen) atoms. The molecule has 9 heteroatoms. The molecule has 0 bridgehead atoms. The van der Waals surface area contributed by atoms with Gasteiger partial charge in [-0.05, 0) is 55.2 Å². The molecule has 0 radical (unpaired) electrons. The molecule has 1 saturated heterocycles. The second-order valence-electron chi connectivity index (χ2n) is 10.9. The van der Waals surface area contributed by atoms with Crippen LogP contribution in [0.3, 0.4) is 0 Å². The van der Waals surface area contributed by atoms with Gasteiger partial charge in [0, 0.05) is 57.2 Å². The van der Waals surface area contributed by atoms with Crippen LogP contribution >= 0.6 is 0 Å². The summed E-state index contributed by atoms with van der Waals surface area (Å²) >= 11 is 0. The lowest BCUT2D eigenvalue weighted by molar-refractivity contribution is 0.0785. The zero-order valence-corrected chi connectivity index (χ0v) is 23.7. The third-order valence-corrected chi connectivity index (χ3v) is 7.90. The van der Waals surface area contributed by atoms with Crippen molar-refractivity contribution in [2.24, 2.45) is 0 Å². The molecule has 9 nitrogen and oxygen atoms in total. The molecule has 1 aromatic heterocycles. The lowest BCUT2D eigenvalue weighted by Gasteiger charge is -2.29. The highest BCUT2D eigenvalue weighted by molar-refractivity contribution is 6.05. The fraction of sp³-hybridized carbons (Fsp3) is 0.406. The van der Waals surface area contributed by atoms with E-state index in [-0.39, 0.29) is 29.6 Å². The van der Waals surface area contributed by atoms with Gasteiger partial charge in [-0.1, -0.05) is 49.6 Å². The molecule has 2 N–H and O–H groups in total. The Morgan fingerprint density at radius 1 is 0.902 bits per heavy atom. The number of carbonyl (C=O) groups is 3. The molecule has 1 aliphatic carbocycles. The first-order chi connectivity index (χ1) is 20.0. The number of furan rings is 1. The highest BCUT2D eigenvalue weighted by Gasteiger charge is 2.26. The smallest absolute Gasteiger partial charge is 0.317 e. The summed E-state index contributed by atoms with van der Waals surface area (Å²) in [5.41, 5.74) is 2.83. The number of urea groups is 1. The highest BCUT2D eigenvalue weighted by atomic mass is 16.3. The maximum absolute atomic E-state index is 13.9. The lowest BCUT2D eigenvalue weighted by atomic mass is 9.96. The van der Waals surface area contributed by atoms with E-state index in [9.17, 15) is 14.4 Å². The van der Waals surface area contributed by atoms with Crippen molar-refractivity contribution in [2.45, 2.75) is 51.1 Å². The van der Waals surface area contributed by atoms with Crippen LogP contribution in [0.15, 0.2) is 71.3 Å². The number of benzene rings is 2. The SMILES string of the molecule is CN(Cc1ccccc1)C(=O)c1cc(NC(=O)c2ccco2)ccc1N1CCCN(C(=O)NC2CCCCC2)CC1. The zero-order valence-electron chi connectivity index (χ0n) is 23.7. The fourth-order valence-corrected chi connectivity index (χ4v) is 5.67. The first kappa shape index (κ1) is 28.3. The van der Waals surface area contributed by atoms with Crippen LogP contribution in [-0.4, -0.2) is 66.9 Å². The summed E-state index contributed by atoms with van der Waals surface area (Å²) in [5.74, 6) is -0.329. The van der Waals surface area contributed by atoms with Crippen molar-refractivity contribution in [1.29, 1.82) is 0 Å². The summed E-state index contributed by atoms with van der Waals surface area (Å²) in [6.07, 6.45) is 7.94. The van der Waals surface area contributed by atoms with Crippen molar-refractivity contribution >= 4 is 29.2 Å². The molecule has 2 fully saturated rings. The second-order valence-corrected chi connectivity index (χ2v) is 10.9. The third kappa shape index (κ3) is 7.28. The van der Waals surface area contributed by atoms with E-state index in [1.165, 1.54) is 25.5 Å². The minimum Gasteiger partial charge on any atom is -0.459 e. The summed E-state index contributed by atoms with van der Waals surface area (Å²) in [7, 11) is 1.78. The average Bonchev–Trinajstić information content (AvgIpc) is 3.43. The number of hydrogen-bond donors (Lipinski definition) is 2. The van der Waals surface area contributed by atoms with Crippen LogP contribution in [0.25, 0.3) is 0 Å². The topological polar surface area (TPSA) is 98.1 Å². The van der Waals surface area contributed by atoms with E-state index in [2.05, 4.69) is 15.5 Å². The molecule has 5 rings (SSSR count). The van der Waals surface area contributed by atoms with Crippen molar-refractivity contribution in [3.8, 4) is 0 Å². The van der Waals surface area contributed by atoms with Crippen molar-refractivity contribution in [3.63, 3.8) is 0 Å². The molecule has 0 spiro atoms. The predicted molar refractivity (Wildman–Crippen MR) is 159 cm³/mol. The Morgan fingerprint density at radius 3 is 2.46 bits per heavy atom. The Kier molecular flexibility index (Phi) is 9.23. The summed E-state index contributed by atoms with van der Waals surface area (Å²) in [6.45, 7) is 3.02. The van der Waals surface area contributed by atoms with Gasteiger partial charge in [0.15, 0.2) is 5.76 Å². The number of nitrogens with zero attached hydrogens (tertiary/aromatic N) is 3. The van der Waals surface area contributed by atoms with Gasteiger partial charge in [0.1, 0.15) is 0 Å². The van der Waals surface area contributed by atoms with E-state index in [4.69, 9.17) is 4.42 Å². The van der Waals surface area contributed by atoms with Gasteiger partial charge in [0.05, 0.1) is 11.8 Å². The molecule has 2 aromatic carbocycles. The monoisotopic (exact) mass is 557 g/mol. The lowest BCUT2D eigenvalue weighted by Crippen LogP contribution is -2.46. The highest BCUT2D eigenvalue weighted by Crippen LogP contribution is 2.28. The van der Waals surface area contributed by atoms with Gasteiger partial charge in [0.25, 0.3) is 11.8 Å². The number of hydrogen-bond acceptors (Lipinski definition) is 5. The zero-order chi connectivity index (χ0) is 28.6. The Labute approximate surface area is 241 Å². The van der Waals surface area contributed by atoms with Crippen molar-refractivity contribution in [1.82, 2.24) is 15.1 Å². The van der Waals surface area contributed by atoms with Crippen LogP contribution in [0.5, 0.6) is 0 Å². The maximum atomic E-state index is 13.9. The molecule has 3 aromatic rings. The van der Waals surface area contributed by atoms with Gasteiger partial charge < -0.3 is 29.8 Å².